The number of carbonyl (C=O) groups is 1. The predicted molar refractivity (Wildman–Crippen MR) is 40.3 cm³/mol. The summed E-state index contributed by atoms with van der Waals surface area (Å²) in [5.74, 6) is -0.943. The van der Waals surface area contributed by atoms with Crippen LogP contribution in [-0.4, -0.2) is 23.3 Å². The van der Waals surface area contributed by atoms with Crippen LogP contribution in [0, 0.1) is 11.8 Å². The van der Waals surface area contributed by atoms with Gasteiger partial charge in [-0.2, -0.15) is 0 Å². The molecular weight excluding hydrogens is 144 g/mol. The van der Waals surface area contributed by atoms with Crippen molar-refractivity contribution < 1.29 is 14.6 Å². The molecule has 3 nitrogen and oxygen atoms in total. The van der Waals surface area contributed by atoms with Gasteiger partial charge >= 0.3 is 5.97 Å². The molecule has 0 aromatic carbocycles. The van der Waals surface area contributed by atoms with Crippen LogP contribution in [0.5, 0.6) is 0 Å². The van der Waals surface area contributed by atoms with E-state index in [0.29, 0.717) is 0 Å². The Balaban J connectivity index is 2.71. The van der Waals surface area contributed by atoms with Gasteiger partial charge in [-0.05, 0) is 19.8 Å². The zero-order valence-corrected chi connectivity index (χ0v) is 7.07. The van der Waals surface area contributed by atoms with E-state index in [-0.39, 0.29) is 24.0 Å². The minimum absolute atomic E-state index is 0.0751. The zero-order chi connectivity index (χ0) is 8.59. The molecule has 1 heterocycles. The van der Waals surface area contributed by atoms with Crippen LogP contribution in [0.1, 0.15) is 20.8 Å². The molecule has 1 aliphatic heterocycles. The fourth-order valence-corrected chi connectivity index (χ4v) is 1.69. The quantitative estimate of drug-likeness (QED) is 0.622. The molecule has 64 valence electrons. The van der Waals surface area contributed by atoms with Gasteiger partial charge in [0.1, 0.15) is 0 Å². The number of carboxylic acid groups (broad SMARTS) is 1. The second-order valence-corrected chi connectivity index (χ2v) is 3.27. The van der Waals surface area contributed by atoms with Crippen molar-refractivity contribution in [1.82, 2.24) is 0 Å². The van der Waals surface area contributed by atoms with Crippen LogP contribution in [0.4, 0.5) is 0 Å². The van der Waals surface area contributed by atoms with Crippen LogP contribution in [0.25, 0.3) is 0 Å². The van der Waals surface area contributed by atoms with Crippen molar-refractivity contribution in [2.45, 2.75) is 33.0 Å². The van der Waals surface area contributed by atoms with Crippen LogP contribution in [-0.2, 0) is 9.53 Å². The summed E-state index contributed by atoms with van der Waals surface area (Å²) in [5, 5.41) is 8.79. The van der Waals surface area contributed by atoms with E-state index in [4.69, 9.17) is 9.84 Å². The van der Waals surface area contributed by atoms with Gasteiger partial charge in [0.05, 0.1) is 18.1 Å². The molecule has 0 saturated carbocycles. The first-order valence-electron chi connectivity index (χ1n) is 3.92. The minimum Gasteiger partial charge on any atom is -0.481 e. The Hall–Kier alpha value is -0.570. The second kappa shape index (κ2) is 2.81. The molecule has 3 heteroatoms. The van der Waals surface area contributed by atoms with Crippen molar-refractivity contribution in [3.8, 4) is 0 Å². The maximum atomic E-state index is 10.7. The Labute approximate surface area is 66.4 Å². The molecule has 0 amide bonds. The smallest absolute Gasteiger partial charge is 0.309 e. The molecular formula is C8H14O3. The van der Waals surface area contributed by atoms with Crippen LogP contribution < -0.4 is 0 Å². The van der Waals surface area contributed by atoms with Crippen molar-refractivity contribution in [1.29, 1.82) is 0 Å². The predicted octanol–water partition coefficient (Wildman–Crippen LogP) is 1.13. The van der Waals surface area contributed by atoms with Gasteiger partial charge in [0, 0.05) is 0 Å². The third kappa shape index (κ3) is 1.38. The van der Waals surface area contributed by atoms with Gasteiger partial charge in [-0.3, -0.25) is 4.79 Å². The number of carboxylic acids is 1. The minimum atomic E-state index is -0.741. The Morgan fingerprint density at radius 2 is 1.82 bits per heavy atom. The van der Waals surface area contributed by atoms with Crippen molar-refractivity contribution in [2.24, 2.45) is 11.8 Å². The molecule has 1 aliphatic rings. The average Bonchev–Trinajstić information content (AvgIpc) is 2.07. The highest BCUT2D eigenvalue weighted by Gasteiger charge is 2.41. The van der Waals surface area contributed by atoms with Gasteiger partial charge in [0.2, 0.25) is 0 Å². The summed E-state index contributed by atoms with van der Waals surface area (Å²) >= 11 is 0. The van der Waals surface area contributed by atoms with E-state index in [1.54, 1.807) is 0 Å². The first kappa shape index (κ1) is 8.53. The molecule has 4 atom stereocenters. The normalized spacial score (nSPS) is 44.3. The summed E-state index contributed by atoms with van der Waals surface area (Å²) in [6.45, 7) is 5.66. The molecule has 11 heavy (non-hydrogen) atoms. The SMILES string of the molecule is C[C@@H]1[C@@H](C(=O)O)[C@@H](C)O[C@H]1C. The van der Waals surface area contributed by atoms with Crippen LogP contribution >= 0.6 is 0 Å². The maximum absolute atomic E-state index is 10.7. The van der Waals surface area contributed by atoms with Crippen LogP contribution in [0.3, 0.4) is 0 Å². The fourth-order valence-electron chi connectivity index (χ4n) is 1.69. The number of hydrogen-bond donors (Lipinski definition) is 1. The third-order valence-electron chi connectivity index (χ3n) is 2.53. The highest BCUT2D eigenvalue weighted by atomic mass is 16.5. The first-order chi connectivity index (χ1) is 5.04. The lowest BCUT2D eigenvalue weighted by molar-refractivity contribution is -0.144. The van der Waals surface area contributed by atoms with E-state index in [1.165, 1.54) is 0 Å². The molecule has 0 spiro atoms. The summed E-state index contributed by atoms with van der Waals surface area (Å²) in [4.78, 5) is 10.7. The highest BCUT2D eigenvalue weighted by Crippen LogP contribution is 2.31. The summed E-state index contributed by atoms with van der Waals surface area (Å²) in [7, 11) is 0. The van der Waals surface area contributed by atoms with Gasteiger partial charge < -0.3 is 9.84 Å². The van der Waals surface area contributed by atoms with Crippen molar-refractivity contribution in [3.63, 3.8) is 0 Å². The van der Waals surface area contributed by atoms with Crippen molar-refractivity contribution in [3.05, 3.63) is 0 Å². The molecule has 0 aromatic rings. The molecule has 1 N–H and O–H groups in total. The molecule has 0 bridgehead atoms. The summed E-state index contributed by atoms with van der Waals surface area (Å²) < 4.78 is 5.37. The van der Waals surface area contributed by atoms with Crippen LogP contribution in [0.2, 0.25) is 0 Å². The molecule has 1 saturated heterocycles. The van der Waals surface area contributed by atoms with E-state index < -0.39 is 5.97 Å². The molecule has 0 aliphatic carbocycles. The maximum Gasteiger partial charge on any atom is 0.309 e. The van der Waals surface area contributed by atoms with Gasteiger partial charge in [0.25, 0.3) is 0 Å². The number of aliphatic carboxylic acids is 1. The topological polar surface area (TPSA) is 46.5 Å². The summed E-state index contributed by atoms with van der Waals surface area (Å²) in [5.41, 5.74) is 0. The van der Waals surface area contributed by atoms with E-state index >= 15 is 0 Å². The molecule has 0 aromatic heterocycles. The Morgan fingerprint density at radius 1 is 1.27 bits per heavy atom. The average molecular weight is 158 g/mol. The zero-order valence-electron chi connectivity index (χ0n) is 7.07. The van der Waals surface area contributed by atoms with E-state index in [9.17, 15) is 4.79 Å². The van der Waals surface area contributed by atoms with Crippen molar-refractivity contribution in [2.75, 3.05) is 0 Å². The number of ether oxygens (including phenoxy) is 1. The highest BCUT2D eigenvalue weighted by molar-refractivity contribution is 5.71. The third-order valence-corrected chi connectivity index (χ3v) is 2.53. The summed E-state index contributed by atoms with van der Waals surface area (Å²) in [6, 6.07) is 0. The van der Waals surface area contributed by atoms with E-state index in [2.05, 4.69) is 0 Å². The van der Waals surface area contributed by atoms with Crippen molar-refractivity contribution >= 4 is 5.97 Å². The lowest BCUT2D eigenvalue weighted by Gasteiger charge is -2.11. The van der Waals surface area contributed by atoms with E-state index in [1.807, 2.05) is 20.8 Å². The summed E-state index contributed by atoms with van der Waals surface area (Å²) in [6.07, 6.45) is -0.0661. The molecule has 0 unspecified atom stereocenters. The standard InChI is InChI=1S/C8H14O3/c1-4-5(2)11-6(3)7(4)8(9)10/h4-7H,1-3H3,(H,9,10)/t4-,5-,6+,7+/m0/s1. The molecule has 1 fully saturated rings. The fraction of sp³-hybridized carbons (Fsp3) is 0.875. The Bertz CT molecular complexity index is 167. The van der Waals surface area contributed by atoms with Gasteiger partial charge in [-0.25, -0.2) is 0 Å². The monoisotopic (exact) mass is 158 g/mol. The molecule has 0 radical (unpaired) electrons. The van der Waals surface area contributed by atoms with Gasteiger partial charge in [-0.15, -0.1) is 0 Å². The lowest BCUT2D eigenvalue weighted by atomic mass is 9.90. The first-order valence-corrected chi connectivity index (χ1v) is 3.92. The second-order valence-electron chi connectivity index (χ2n) is 3.27. The number of hydrogen-bond acceptors (Lipinski definition) is 2. The van der Waals surface area contributed by atoms with Gasteiger partial charge in [-0.1, -0.05) is 6.92 Å². The lowest BCUT2D eigenvalue weighted by Crippen LogP contribution is -2.26. The molecule has 1 rings (SSSR count). The number of rotatable bonds is 1. The van der Waals surface area contributed by atoms with Gasteiger partial charge in [0.15, 0.2) is 0 Å². The Morgan fingerprint density at radius 3 is 2.00 bits per heavy atom. The van der Waals surface area contributed by atoms with Crippen LogP contribution in [0.15, 0.2) is 0 Å². The van der Waals surface area contributed by atoms with E-state index in [0.717, 1.165) is 0 Å². The Kier molecular flexibility index (Phi) is 2.18. The largest absolute Gasteiger partial charge is 0.481 e.